The van der Waals surface area contributed by atoms with Gasteiger partial charge < -0.3 is 0 Å². The fourth-order valence-corrected chi connectivity index (χ4v) is 2.40. The van der Waals surface area contributed by atoms with Gasteiger partial charge >= 0.3 is 0 Å². The van der Waals surface area contributed by atoms with Crippen LogP contribution in [0, 0.1) is 5.92 Å². The van der Waals surface area contributed by atoms with Crippen LogP contribution in [0.2, 0.25) is 5.02 Å². The molecular weight excluding hydrogens is 206 g/mol. The standard InChI is InChI=1S/C13H18ClN/c1-11-3-2-8-15(9-11)10-12-4-6-13(14)7-5-12/h4-7,11H,2-3,8-10H2,1H3/t11-/m0/s1. The minimum atomic E-state index is 0.825. The summed E-state index contributed by atoms with van der Waals surface area (Å²) in [7, 11) is 0. The molecule has 0 aromatic heterocycles. The highest BCUT2D eigenvalue weighted by Crippen LogP contribution is 2.18. The highest BCUT2D eigenvalue weighted by molar-refractivity contribution is 6.30. The monoisotopic (exact) mass is 223 g/mol. The minimum absolute atomic E-state index is 0.825. The van der Waals surface area contributed by atoms with Crippen LogP contribution in [0.3, 0.4) is 0 Å². The minimum Gasteiger partial charge on any atom is -0.299 e. The lowest BCUT2D eigenvalue weighted by molar-refractivity contribution is 0.176. The number of benzene rings is 1. The molecule has 0 radical (unpaired) electrons. The number of hydrogen-bond acceptors (Lipinski definition) is 1. The van der Waals surface area contributed by atoms with Crippen molar-refractivity contribution in [3.8, 4) is 0 Å². The van der Waals surface area contributed by atoms with E-state index < -0.39 is 0 Å². The van der Waals surface area contributed by atoms with Crippen LogP contribution in [-0.4, -0.2) is 18.0 Å². The van der Waals surface area contributed by atoms with Crippen LogP contribution in [0.1, 0.15) is 25.3 Å². The first-order valence-corrected chi connectivity index (χ1v) is 6.08. The van der Waals surface area contributed by atoms with E-state index in [-0.39, 0.29) is 0 Å². The molecule has 0 spiro atoms. The maximum atomic E-state index is 5.86. The Balaban J connectivity index is 1.93. The van der Waals surface area contributed by atoms with Gasteiger partial charge in [0.25, 0.3) is 0 Å². The summed E-state index contributed by atoms with van der Waals surface area (Å²) < 4.78 is 0. The SMILES string of the molecule is C[C@H]1CCCN(Cc2ccc(Cl)cc2)C1. The van der Waals surface area contributed by atoms with Gasteiger partial charge in [-0.05, 0) is 43.0 Å². The smallest absolute Gasteiger partial charge is 0.0406 e. The van der Waals surface area contributed by atoms with E-state index in [0.29, 0.717) is 0 Å². The summed E-state index contributed by atoms with van der Waals surface area (Å²) in [6.45, 7) is 5.89. The van der Waals surface area contributed by atoms with Gasteiger partial charge in [0, 0.05) is 18.1 Å². The molecule has 1 aromatic rings. The lowest BCUT2D eigenvalue weighted by atomic mass is 10.00. The molecule has 2 heteroatoms. The number of hydrogen-bond donors (Lipinski definition) is 0. The average molecular weight is 224 g/mol. The Labute approximate surface area is 97.0 Å². The van der Waals surface area contributed by atoms with Crippen molar-refractivity contribution < 1.29 is 0 Å². The third kappa shape index (κ3) is 3.22. The van der Waals surface area contributed by atoms with Gasteiger partial charge in [-0.15, -0.1) is 0 Å². The van der Waals surface area contributed by atoms with Crippen molar-refractivity contribution in [2.75, 3.05) is 13.1 Å². The lowest BCUT2D eigenvalue weighted by Gasteiger charge is -2.30. The Hall–Kier alpha value is -0.530. The van der Waals surface area contributed by atoms with Crippen LogP contribution in [0.15, 0.2) is 24.3 Å². The molecule has 2 rings (SSSR count). The number of piperidine rings is 1. The Morgan fingerprint density at radius 2 is 2.07 bits per heavy atom. The summed E-state index contributed by atoms with van der Waals surface area (Å²) in [6, 6.07) is 8.21. The molecule has 1 fully saturated rings. The summed E-state index contributed by atoms with van der Waals surface area (Å²) in [5.41, 5.74) is 1.37. The van der Waals surface area contributed by atoms with E-state index in [1.54, 1.807) is 0 Å². The summed E-state index contributed by atoms with van der Waals surface area (Å²) in [4.78, 5) is 2.54. The van der Waals surface area contributed by atoms with Crippen molar-refractivity contribution in [2.24, 2.45) is 5.92 Å². The van der Waals surface area contributed by atoms with Gasteiger partial charge in [0.05, 0.1) is 0 Å². The van der Waals surface area contributed by atoms with Crippen LogP contribution in [-0.2, 0) is 6.54 Å². The Bertz CT molecular complexity index is 307. The lowest BCUT2D eigenvalue weighted by Crippen LogP contribution is -2.33. The van der Waals surface area contributed by atoms with Gasteiger partial charge in [-0.2, -0.15) is 0 Å². The van der Waals surface area contributed by atoms with E-state index in [1.807, 2.05) is 12.1 Å². The Morgan fingerprint density at radius 3 is 2.73 bits per heavy atom. The topological polar surface area (TPSA) is 3.24 Å². The van der Waals surface area contributed by atoms with E-state index >= 15 is 0 Å². The van der Waals surface area contributed by atoms with Crippen molar-refractivity contribution in [1.82, 2.24) is 4.90 Å². The van der Waals surface area contributed by atoms with Crippen molar-refractivity contribution in [3.05, 3.63) is 34.9 Å². The van der Waals surface area contributed by atoms with Gasteiger partial charge in [0.15, 0.2) is 0 Å². The number of likely N-dealkylation sites (tertiary alicyclic amines) is 1. The van der Waals surface area contributed by atoms with Crippen LogP contribution in [0.5, 0.6) is 0 Å². The summed E-state index contributed by atoms with van der Waals surface area (Å²) in [5, 5.41) is 0.825. The fourth-order valence-electron chi connectivity index (χ4n) is 2.28. The molecule has 1 aliphatic rings. The van der Waals surface area contributed by atoms with E-state index in [2.05, 4.69) is 24.0 Å². The second-order valence-electron chi connectivity index (χ2n) is 4.61. The summed E-state index contributed by atoms with van der Waals surface area (Å²) in [5.74, 6) is 0.853. The summed E-state index contributed by atoms with van der Waals surface area (Å²) >= 11 is 5.86. The van der Waals surface area contributed by atoms with Gasteiger partial charge in [0.1, 0.15) is 0 Å². The average Bonchev–Trinajstić information content (AvgIpc) is 2.22. The van der Waals surface area contributed by atoms with Crippen LogP contribution >= 0.6 is 11.6 Å². The molecule has 0 N–H and O–H groups in total. The molecule has 15 heavy (non-hydrogen) atoms. The van der Waals surface area contributed by atoms with Crippen LogP contribution < -0.4 is 0 Å². The molecule has 1 saturated heterocycles. The van der Waals surface area contributed by atoms with Crippen molar-refractivity contribution >= 4 is 11.6 Å². The van der Waals surface area contributed by atoms with E-state index in [9.17, 15) is 0 Å². The fraction of sp³-hybridized carbons (Fsp3) is 0.538. The molecule has 0 bridgehead atoms. The first-order chi connectivity index (χ1) is 7.24. The first kappa shape index (κ1) is 11.0. The molecule has 0 amide bonds. The zero-order valence-corrected chi connectivity index (χ0v) is 10.0. The first-order valence-electron chi connectivity index (χ1n) is 5.71. The quantitative estimate of drug-likeness (QED) is 0.741. The number of halogens is 1. The predicted molar refractivity (Wildman–Crippen MR) is 65.1 cm³/mol. The predicted octanol–water partition coefficient (Wildman–Crippen LogP) is 3.57. The van der Waals surface area contributed by atoms with Crippen molar-refractivity contribution in [3.63, 3.8) is 0 Å². The van der Waals surface area contributed by atoms with Crippen LogP contribution in [0.4, 0.5) is 0 Å². The van der Waals surface area contributed by atoms with Gasteiger partial charge in [-0.3, -0.25) is 4.90 Å². The molecule has 0 aliphatic carbocycles. The van der Waals surface area contributed by atoms with Gasteiger partial charge in [-0.1, -0.05) is 30.7 Å². The van der Waals surface area contributed by atoms with Crippen molar-refractivity contribution in [2.45, 2.75) is 26.3 Å². The molecule has 1 nitrogen and oxygen atoms in total. The van der Waals surface area contributed by atoms with Gasteiger partial charge in [-0.25, -0.2) is 0 Å². The second kappa shape index (κ2) is 5.00. The molecule has 1 atom stereocenters. The third-order valence-electron chi connectivity index (χ3n) is 3.06. The summed E-state index contributed by atoms with van der Waals surface area (Å²) in [6.07, 6.45) is 2.73. The molecule has 0 unspecified atom stereocenters. The molecule has 1 aromatic carbocycles. The molecule has 0 saturated carbocycles. The third-order valence-corrected chi connectivity index (χ3v) is 3.31. The van der Waals surface area contributed by atoms with E-state index in [4.69, 9.17) is 11.6 Å². The normalized spacial score (nSPS) is 22.9. The molecule has 1 aliphatic heterocycles. The largest absolute Gasteiger partial charge is 0.299 e. The highest BCUT2D eigenvalue weighted by Gasteiger charge is 2.15. The maximum absolute atomic E-state index is 5.86. The van der Waals surface area contributed by atoms with Crippen molar-refractivity contribution in [1.29, 1.82) is 0 Å². The number of rotatable bonds is 2. The van der Waals surface area contributed by atoms with Crippen LogP contribution in [0.25, 0.3) is 0 Å². The molecule has 1 heterocycles. The Morgan fingerprint density at radius 1 is 1.33 bits per heavy atom. The molecular formula is C13H18ClN. The second-order valence-corrected chi connectivity index (χ2v) is 5.05. The van der Waals surface area contributed by atoms with E-state index in [0.717, 1.165) is 17.5 Å². The van der Waals surface area contributed by atoms with Gasteiger partial charge in [0.2, 0.25) is 0 Å². The maximum Gasteiger partial charge on any atom is 0.0406 e. The highest BCUT2D eigenvalue weighted by atomic mass is 35.5. The number of nitrogens with zero attached hydrogens (tertiary/aromatic N) is 1. The van der Waals surface area contributed by atoms with E-state index in [1.165, 1.54) is 31.5 Å². The molecule has 82 valence electrons. The zero-order chi connectivity index (χ0) is 10.7. The Kier molecular flexibility index (Phi) is 3.66. The zero-order valence-electron chi connectivity index (χ0n) is 9.25.